The van der Waals surface area contributed by atoms with E-state index in [9.17, 15) is 39.0 Å². The number of aromatic nitrogens is 2. The van der Waals surface area contributed by atoms with Crippen LogP contribution in [0.15, 0.2) is 58.8 Å². The van der Waals surface area contributed by atoms with Crippen molar-refractivity contribution >= 4 is 79.1 Å². The highest BCUT2D eigenvalue weighted by molar-refractivity contribution is 8.77. The first kappa shape index (κ1) is 53.2. The van der Waals surface area contributed by atoms with Crippen LogP contribution < -0.4 is 32.7 Å². The maximum Gasteiger partial charge on any atom is 0.407 e. The van der Waals surface area contributed by atoms with Crippen molar-refractivity contribution in [2.75, 3.05) is 37.8 Å². The van der Waals surface area contributed by atoms with Crippen molar-refractivity contribution in [3.05, 3.63) is 48.8 Å². The van der Waals surface area contributed by atoms with E-state index in [4.69, 9.17) is 20.9 Å². The Morgan fingerprint density at radius 1 is 0.623 bits per heavy atom. The SMILES string of the molecule is CC(CCCCOC(=O)NC(CCCCNC(=O)C(N)CSSc1ccccn1)C(=O)O)CCCOC(=O)NC(CCCCNC(=O)C(N)CSSc1ccccn1)C(=O)O. The Morgan fingerprint density at radius 3 is 1.48 bits per heavy atom. The van der Waals surface area contributed by atoms with E-state index in [0.717, 1.165) is 29.3 Å². The number of alkyl carbamates (subject to hydrolysis) is 2. The van der Waals surface area contributed by atoms with Crippen LogP contribution in [0.1, 0.15) is 77.6 Å². The molecule has 0 aromatic carbocycles. The smallest absolute Gasteiger partial charge is 0.407 e. The van der Waals surface area contributed by atoms with Gasteiger partial charge in [-0.25, -0.2) is 29.1 Å². The van der Waals surface area contributed by atoms with Crippen LogP contribution in [0.2, 0.25) is 0 Å². The molecule has 0 bridgehead atoms. The summed E-state index contributed by atoms with van der Waals surface area (Å²) in [5.41, 5.74) is 11.9. The van der Waals surface area contributed by atoms with Gasteiger partial charge in [-0.2, -0.15) is 0 Å². The third-order valence-electron chi connectivity index (χ3n) is 8.75. The number of carboxylic acids is 2. The van der Waals surface area contributed by atoms with Crippen molar-refractivity contribution in [1.29, 1.82) is 0 Å². The highest BCUT2D eigenvalue weighted by Crippen LogP contribution is 2.30. The minimum Gasteiger partial charge on any atom is -0.480 e. The van der Waals surface area contributed by atoms with Gasteiger partial charge in [-0.3, -0.25) is 9.59 Å². The lowest BCUT2D eigenvalue weighted by molar-refractivity contribution is -0.140. The predicted molar refractivity (Wildman–Crippen MR) is 239 cm³/mol. The minimum absolute atomic E-state index is 0.122. The van der Waals surface area contributed by atoms with E-state index in [0.29, 0.717) is 69.0 Å². The number of rotatable bonds is 33. The van der Waals surface area contributed by atoms with E-state index < -0.39 is 48.3 Å². The van der Waals surface area contributed by atoms with Gasteiger partial charge in [0.1, 0.15) is 22.1 Å². The van der Waals surface area contributed by atoms with Crippen LogP contribution in [0.3, 0.4) is 0 Å². The Bertz CT molecular complexity index is 1590. The molecule has 0 saturated carbocycles. The molecule has 0 aliphatic rings. The number of amides is 4. The Kier molecular flexibility index (Phi) is 28.5. The Morgan fingerprint density at radius 2 is 1.05 bits per heavy atom. The molecule has 4 amide bonds. The average molecular weight is 929 g/mol. The van der Waals surface area contributed by atoms with Gasteiger partial charge in [-0.1, -0.05) is 47.1 Å². The molecule has 5 atom stereocenters. The Balaban J connectivity index is 1.47. The average Bonchev–Trinajstić information content (AvgIpc) is 3.24. The van der Waals surface area contributed by atoms with Crippen LogP contribution in [-0.4, -0.2) is 118 Å². The number of carbonyl (C=O) groups excluding carboxylic acids is 4. The van der Waals surface area contributed by atoms with Crippen LogP contribution in [0.25, 0.3) is 0 Å². The van der Waals surface area contributed by atoms with Crippen LogP contribution >= 0.6 is 43.2 Å². The number of ether oxygens (including phenoxy) is 2. The van der Waals surface area contributed by atoms with Crippen molar-refractivity contribution in [3.8, 4) is 0 Å². The zero-order valence-corrected chi connectivity index (χ0v) is 37.6. The lowest BCUT2D eigenvalue weighted by Gasteiger charge is -2.16. The molecule has 2 rings (SSSR count). The first-order valence-corrected chi connectivity index (χ1v) is 24.8. The fourth-order valence-corrected chi connectivity index (χ4v) is 9.35. The number of nitrogens with zero attached hydrogens (tertiary/aromatic N) is 2. The van der Waals surface area contributed by atoms with Gasteiger partial charge in [-0.15, -0.1) is 0 Å². The number of aliphatic carboxylic acids is 2. The first-order chi connectivity index (χ1) is 29.3. The summed E-state index contributed by atoms with van der Waals surface area (Å²) < 4.78 is 10.4. The summed E-state index contributed by atoms with van der Waals surface area (Å²) in [7, 11) is 5.73. The Labute approximate surface area is 372 Å². The van der Waals surface area contributed by atoms with Gasteiger partial charge in [0.25, 0.3) is 0 Å². The summed E-state index contributed by atoms with van der Waals surface area (Å²) in [5.74, 6) is -1.86. The lowest BCUT2D eigenvalue weighted by atomic mass is 9.99. The molecular formula is C39H60N8O10S4. The van der Waals surface area contributed by atoms with Gasteiger partial charge in [0.05, 0.1) is 25.3 Å². The largest absolute Gasteiger partial charge is 0.480 e. The summed E-state index contributed by atoms with van der Waals surface area (Å²) >= 11 is 0. The van der Waals surface area contributed by atoms with Crippen molar-refractivity contribution in [1.82, 2.24) is 31.2 Å². The predicted octanol–water partition coefficient (Wildman–Crippen LogP) is 4.83. The van der Waals surface area contributed by atoms with E-state index in [-0.39, 0.29) is 37.9 Å². The molecule has 22 heteroatoms. The number of hydrogen-bond acceptors (Lipinski definition) is 16. The molecule has 61 heavy (non-hydrogen) atoms. The molecule has 18 nitrogen and oxygen atoms in total. The molecule has 2 aromatic rings. The van der Waals surface area contributed by atoms with E-state index in [1.807, 2.05) is 43.3 Å². The van der Waals surface area contributed by atoms with Crippen LogP contribution in [0, 0.1) is 5.92 Å². The van der Waals surface area contributed by atoms with E-state index in [1.54, 1.807) is 12.4 Å². The zero-order chi connectivity index (χ0) is 44.7. The van der Waals surface area contributed by atoms with Crippen LogP contribution in [-0.2, 0) is 28.7 Å². The summed E-state index contributed by atoms with van der Waals surface area (Å²) in [6, 6.07) is 7.48. The molecule has 0 saturated heterocycles. The number of carbonyl (C=O) groups is 6. The molecule has 0 spiro atoms. The lowest BCUT2D eigenvalue weighted by Crippen LogP contribution is -2.43. The van der Waals surface area contributed by atoms with Crippen LogP contribution in [0.5, 0.6) is 0 Å². The second-order valence-electron chi connectivity index (χ2n) is 13.9. The summed E-state index contributed by atoms with van der Waals surface area (Å²) in [6.07, 6.45) is 7.50. The van der Waals surface area contributed by atoms with Crippen molar-refractivity contribution in [3.63, 3.8) is 0 Å². The van der Waals surface area contributed by atoms with Gasteiger partial charge in [0.15, 0.2) is 0 Å². The molecule has 0 radical (unpaired) electrons. The fourth-order valence-electron chi connectivity index (χ4n) is 5.30. The number of nitrogens with one attached hydrogen (secondary N) is 4. The maximum absolute atomic E-state index is 12.3. The van der Waals surface area contributed by atoms with E-state index >= 15 is 0 Å². The fraction of sp³-hybridized carbons (Fsp3) is 0.590. The zero-order valence-electron chi connectivity index (χ0n) is 34.4. The molecule has 2 aromatic heterocycles. The van der Waals surface area contributed by atoms with Gasteiger partial charge in [0, 0.05) is 37.0 Å². The van der Waals surface area contributed by atoms with Crippen molar-refractivity contribution < 1.29 is 48.5 Å². The maximum atomic E-state index is 12.3. The molecule has 0 aliphatic heterocycles. The monoisotopic (exact) mass is 928 g/mol. The second-order valence-corrected chi connectivity index (χ2v) is 18.7. The second kappa shape index (κ2) is 32.7. The van der Waals surface area contributed by atoms with Crippen molar-refractivity contribution in [2.24, 2.45) is 17.4 Å². The van der Waals surface area contributed by atoms with E-state index in [2.05, 4.69) is 31.2 Å². The van der Waals surface area contributed by atoms with Crippen LogP contribution in [0.4, 0.5) is 9.59 Å². The number of nitrogens with two attached hydrogens (primary N) is 2. The molecule has 340 valence electrons. The molecule has 10 N–H and O–H groups in total. The van der Waals surface area contributed by atoms with Gasteiger partial charge >= 0.3 is 24.1 Å². The summed E-state index contributed by atoms with van der Waals surface area (Å²) in [4.78, 5) is 80.7. The summed E-state index contributed by atoms with van der Waals surface area (Å²) in [6.45, 7) is 2.95. The highest BCUT2D eigenvalue weighted by Gasteiger charge is 2.22. The quantitative estimate of drug-likeness (QED) is 0.0351. The normalized spacial score (nSPS) is 13.4. The van der Waals surface area contributed by atoms with Crippen molar-refractivity contribution in [2.45, 2.75) is 112 Å². The first-order valence-electron chi connectivity index (χ1n) is 20.2. The third-order valence-corrected chi connectivity index (χ3v) is 13.3. The van der Waals surface area contributed by atoms with Gasteiger partial charge in [-0.05, 0) is 116 Å². The number of pyridine rings is 2. The standard InChI is InChI=1S/C39H60N8O10S4/c1-27(14-12-24-57-39(55)47-31(37(52)53)16-3-8-22-45-35(49)29(41)26-59-61-33-18-5-10-20-43-33)13-6-11-23-56-38(54)46-30(36(50)51)15-2-7-21-44-34(48)28(40)25-58-60-32-17-4-9-19-42-32/h4-5,9-10,17-20,27-31H,2-3,6-8,11-16,21-26,40-41H2,1H3,(H,44,48)(H,45,49)(H,46,54)(H,47,55)(H,50,51)(H,52,53). The number of carboxylic acid groups (broad SMARTS) is 2. The molecular weight excluding hydrogens is 869 g/mol. The number of unbranched alkanes of at least 4 members (excludes halogenated alkanes) is 3. The molecule has 0 fully saturated rings. The molecule has 5 unspecified atom stereocenters. The van der Waals surface area contributed by atoms with Gasteiger partial charge in [0.2, 0.25) is 11.8 Å². The minimum atomic E-state index is -1.18. The molecule has 0 aliphatic carbocycles. The summed E-state index contributed by atoms with van der Waals surface area (Å²) in [5, 5.41) is 31.0. The Hall–Kier alpha value is -3.96. The number of hydrogen-bond donors (Lipinski definition) is 8. The third kappa shape index (κ3) is 26.2. The highest BCUT2D eigenvalue weighted by atomic mass is 33.1. The van der Waals surface area contributed by atoms with E-state index in [1.165, 1.54) is 43.2 Å². The topological polar surface area (TPSA) is 287 Å². The van der Waals surface area contributed by atoms with Gasteiger partial charge < -0.3 is 52.4 Å². The molecule has 2 heterocycles.